The van der Waals surface area contributed by atoms with Gasteiger partial charge in [-0.15, -0.1) is 0 Å². The molecule has 0 heterocycles. The van der Waals surface area contributed by atoms with Crippen LogP contribution >= 0.6 is 0 Å². The smallest absolute Gasteiger partial charge is 0.305 e. The fraction of sp³-hybridized carbons (Fsp3) is 0.529. The minimum Gasteiger partial charge on any atom is -0.481 e. The van der Waals surface area contributed by atoms with Crippen molar-refractivity contribution in [3.63, 3.8) is 0 Å². The van der Waals surface area contributed by atoms with E-state index in [0.29, 0.717) is 13.1 Å². The number of rotatable bonds is 10. The SMILES string of the molecule is CCN(CC)S(=O)(=O)c1ccc(C(=O)NC(C)(COC)CC(=O)O)cc1. The zero-order valence-corrected chi connectivity index (χ0v) is 16.3. The number of nitrogens with zero attached hydrogens (tertiary/aromatic N) is 1. The molecule has 2 N–H and O–H groups in total. The highest BCUT2D eigenvalue weighted by atomic mass is 32.2. The molecule has 1 aromatic rings. The molecule has 26 heavy (non-hydrogen) atoms. The fourth-order valence-corrected chi connectivity index (χ4v) is 4.08. The number of carboxylic acids is 1. The lowest BCUT2D eigenvalue weighted by molar-refractivity contribution is -0.139. The molecule has 0 saturated carbocycles. The van der Waals surface area contributed by atoms with Gasteiger partial charge in [0.1, 0.15) is 0 Å². The molecule has 0 aromatic heterocycles. The predicted octanol–water partition coefficient (Wildman–Crippen LogP) is 1.33. The van der Waals surface area contributed by atoms with Crippen LogP contribution in [0.25, 0.3) is 0 Å². The highest BCUT2D eigenvalue weighted by Gasteiger charge is 2.30. The Balaban J connectivity index is 3.00. The van der Waals surface area contributed by atoms with Gasteiger partial charge in [-0.2, -0.15) is 4.31 Å². The summed E-state index contributed by atoms with van der Waals surface area (Å²) in [5.41, 5.74) is -0.847. The fourth-order valence-electron chi connectivity index (χ4n) is 2.62. The van der Waals surface area contributed by atoms with Gasteiger partial charge in [0.05, 0.1) is 23.5 Å². The van der Waals surface area contributed by atoms with E-state index in [9.17, 15) is 18.0 Å². The molecule has 1 unspecified atom stereocenters. The third-order valence-corrected chi connectivity index (χ3v) is 5.94. The van der Waals surface area contributed by atoms with Crippen molar-refractivity contribution >= 4 is 21.9 Å². The second-order valence-electron chi connectivity index (χ2n) is 6.13. The van der Waals surface area contributed by atoms with E-state index in [0.717, 1.165) is 0 Å². The Morgan fingerprint density at radius 3 is 2.15 bits per heavy atom. The van der Waals surface area contributed by atoms with Gasteiger partial charge in [-0.05, 0) is 31.2 Å². The number of sulfonamides is 1. The number of hydrogen-bond donors (Lipinski definition) is 2. The van der Waals surface area contributed by atoms with Crippen molar-refractivity contribution in [3.8, 4) is 0 Å². The summed E-state index contributed by atoms with van der Waals surface area (Å²) in [7, 11) is -2.18. The van der Waals surface area contributed by atoms with Crippen LogP contribution in [0.1, 0.15) is 37.6 Å². The molecule has 9 heteroatoms. The second kappa shape index (κ2) is 9.11. The third kappa shape index (κ3) is 5.52. The van der Waals surface area contributed by atoms with E-state index in [-0.39, 0.29) is 23.5 Å². The molecular formula is C17H26N2O6S. The Morgan fingerprint density at radius 1 is 1.19 bits per heavy atom. The Labute approximate surface area is 154 Å². The zero-order chi connectivity index (χ0) is 20.0. The van der Waals surface area contributed by atoms with Crippen LogP contribution in [0, 0.1) is 0 Å². The van der Waals surface area contributed by atoms with E-state index in [1.54, 1.807) is 20.8 Å². The summed E-state index contributed by atoms with van der Waals surface area (Å²) in [6.07, 6.45) is -0.305. The van der Waals surface area contributed by atoms with E-state index in [1.165, 1.54) is 35.7 Å². The molecule has 0 aliphatic carbocycles. The molecule has 0 fully saturated rings. The van der Waals surface area contributed by atoms with Crippen molar-refractivity contribution in [1.29, 1.82) is 0 Å². The maximum absolute atomic E-state index is 12.5. The Kier molecular flexibility index (Phi) is 7.73. The average molecular weight is 386 g/mol. The molecule has 0 saturated heterocycles. The minimum absolute atomic E-state index is 0.0272. The van der Waals surface area contributed by atoms with Crippen LogP contribution in [0.4, 0.5) is 0 Å². The van der Waals surface area contributed by atoms with E-state index in [2.05, 4.69) is 5.32 Å². The average Bonchev–Trinajstić information content (AvgIpc) is 2.55. The largest absolute Gasteiger partial charge is 0.481 e. The van der Waals surface area contributed by atoms with Gasteiger partial charge in [0.25, 0.3) is 5.91 Å². The molecule has 1 aromatic carbocycles. The number of amides is 1. The monoisotopic (exact) mass is 386 g/mol. The van der Waals surface area contributed by atoms with Crippen LogP contribution in [0.2, 0.25) is 0 Å². The third-order valence-electron chi connectivity index (χ3n) is 3.88. The molecule has 0 aliphatic rings. The number of carboxylic acid groups (broad SMARTS) is 1. The number of hydrogen-bond acceptors (Lipinski definition) is 5. The number of methoxy groups -OCH3 is 1. The Hall–Kier alpha value is -1.97. The van der Waals surface area contributed by atoms with Crippen molar-refractivity contribution < 1.29 is 27.9 Å². The van der Waals surface area contributed by atoms with Gasteiger partial charge in [-0.1, -0.05) is 13.8 Å². The summed E-state index contributed by atoms with van der Waals surface area (Å²) in [6, 6.07) is 5.54. The summed E-state index contributed by atoms with van der Waals surface area (Å²) in [6.45, 7) is 5.81. The molecule has 0 spiro atoms. The van der Waals surface area contributed by atoms with Crippen LogP contribution in [0.3, 0.4) is 0 Å². The zero-order valence-electron chi connectivity index (χ0n) is 15.5. The first-order valence-electron chi connectivity index (χ1n) is 8.23. The highest BCUT2D eigenvalue weighted by Crippen LogP contribution is 2.17. The van der Waals surface area contributed by atoms with Crippen molar-refractivity contribution in [3.05, 3.63) is 29.8 Å². The van der Waals surface area contributed by atoms with E-state index >= 15 is 0 Å². The molecule has 0 radical (unpaired) electrons. The standard InChI is InChI=1S/C17H26N2O6S/c1-5-19(6-2)26(23,24)14-9-7-13(8-10-14)16(22)18-17(3,12-25-4)11-15(20)21/h7-10H,5-6,11-12H2,1-4H3,(H,18,22)(H,20,21). The van der Waals surface area contributed by atoms with Crippen molar-refractivity contribution in [1.82, 2.24) is 9.62 Å². The van der Waals surface area contributed by atoms with Crippen LogP contribution in [0.15, 0.2) is 29.2 Å². The minimum atomic E-state index is -3.60. The van der Waals surface area contributed by atoms with E-state index < -0.39 is 27.4 Å². The lowest BCUT2D eigenvalue weighted by Crippen LogP contribution is -2.50. The summed E-state index contributed by atoms with van der Waals surface area (Å²) in [5.74, 6) is -1.57. The first-order chi connectivity index (χ1) is 12.1. The topological polar surface area (TPSA) is 113 Å². The normalized spacial score (nSPS) is 14.0. The highest BCUT2D eigenvalue weighted by molar-refractivity contribution is 7.89. The Bertz CT molecular complexity index is 728. The lowest BCUT2D eigenvalue weighted by Gasteiger charge is -2.28. The number of carbonyl (C=O) groups excluding carboxylic acids is 1. The molecular weight excluding hydrogens is 360 g/mol. The number of ether oxygens (including phenoxy) is 1. The summed E-state index contributed by atoms with van der Waals surface area (Å²) in [4.78, 5) is 23.5. The van der Waals surface area contributed by atoms with Crippen molar-refractivity contribution in [2.75, 3.05) is 26.8 Å². The number of aliphatic carboxylic acids is 1. The summed E-state index contributed by atoms with van der Waals surface area (Å²) < 4.78 is 31.2. The first-order valence-corrected chi connectivity index (χ1v) is 9.67. The van der Waals surface area contributed by atoms with Crippen molar-refractivity contribution in [2.45, 2.75) is 37.6 Å². The quantitative estimate of drug-likeness (QED) is 0.627. The Morgan fingerprint density at radius 2 is 1.73 bits per heavy atom. The second-order valence-corrected chi connectivity index (χ2v) is 8.07. The molecule has 0 aliphatic heterocycles. The van der Waals surface area contributed by atoms with E-state index in [1.807, 2.05) is 0 Å². The van der Waals surface area contributed by atoms with Gasteiger partial charge >= 0.3 is 5.97 Å². The van der Waals surface area contributed by atoms with Gasteiger partial charge in [0.15, 0.2) is 0 Å². The lowest BCUT2D eigenvalue weighted by atomic mass is 9.98. The van der Waals surface area contributed by atoms with Crippen LogP contribution in [-0.2, 0) is 19.6 Å². The molecule has 0 bridgehead atoms. The number of nitrogens with one attached hydrogen (secondary N) is 1. The van der Waals surface area contributed by atoms with Gasteiger partial charge in [0, 0.05) is 25.8 Å². The van der Waals surface area contributed by atoms with Crippen LogP contribution < -0.4 is 5.32 Å². The summed E-state index contributed by atoms with van der Waals surface area (Å²) >= 11 is 0. The summed E-state index contributed by atoms with van der Waals surface area (Å²) in [5, 5.41) is 11.6. The van der Waals surface area contributed by atoms with Crippen LogP contribution in [0.5, 0.6) is 0 Å². The number of carbonyl (C=O) groups is 2. The maximum Gasteiger partial charge on any atom is 0.305 e. The first kappa shape index (κ1) is 22.1. The molecule has 8 nitrogen and oxygen atoms in total. The van der Waals surface area contributed by atoms with Gasteiger partial charge in [0.2, 0.25) is 10.0 Å². The predicted molar refractivity (Wildman–Crippen MR) is 96.5 cm³/mol. The molecule has 1 amide bonds. The van der Waals surface area contributed by atoms with Crippen LogP contribution in [-0.4, -0.2) is 62.1 Å². The van der Waals surface area contributed by atoms with E-state index in [4.69, 9.17) is 9.84 Å². The molecule has 1 atom stereocenters. The number of benzene rings is 1. The van der Waals surface area contributed by atoms with Gasteiger partial charge in [-0.3, -0.25) is 9.59 Å². The van der Waals surface area contributed by atoms with Gasteiger partial charge in [-0.25, -0.2) is 8.42 Å². The van der Waals surface area contributed by atoms with Crippen molar-refractivity contribution in [2.24, 2.45) is 0 Å². The maximum atomic E-state index is 12.5. The molecule has 1 rings (SSSR count). The molecule has 146 valence electrons. The van der Waals surface area contributed by atoms with Gasteiger partial charge < -0.3 is 15.2 Å².